The first-order valence-corrected chi connectivity index (χ1v) is 14.2. The van der Waals surface area contributed by atoms with Gasteiger partial charge in [-0.2, -0.15) is 0 Å². The smallest absolute Gasteiger partial charge is 0.377 e. The van der Waals surface area contributed by atoms with E-state index in [0.29, 0.717) is 46.2 Å². The lowest BCUT2D eigenvalue weighted by atomic mass is 10.0. The molecule has 46 heavy (non-hydrogen) atoms. The Bertz CT molecular complexity index is 1660. The molecule has 4 rings (SSSR count). The number of nitrogens with one attached hydrogen (secondary N) is 3. The number of anilines is 2. The van der Waals surface area contributed by atoms with Crippen LogP contribution in [0.15, 0.2) is 97.1 Å². The molecule has 0 spiro atoms. The molecule has 7 N–H and O–H groups in total. The van der Waals surface area contributed by atoms with Crippen molar-refractivity contribution >= 4 is 35.1 Å². The summed E-state index contributed by atoms with van der Waals surface area (Å²) >= 11 is 0. The van der Waals surface area contributed by atoms with Gasteiger partial charge in [-0.3, -0.25) is 10.2 Å². The maximum absolute atomic E-state index is 14.0. The van der Waals surface area contributed by atoms with Crippen LogP contribution in [0.5, 0.6) is 11.5 Å². The summed E-state index contributed by atoms with van der Waals surface area (Å²) in [6.45, 7) is 1.39. The fraction of sp³-hybridized carbons (Fsp3) is 0.176. The summed E-state index contributed by atoms with van der Waals surface area (Å²) in [5.41, 5.74) is 15.1. The molecule has 0 saturated carbocycles. The van der Waals surface area contributed by atoms with Crippen molar-refractivity contribution in [1.82, 2.24) is 5.32 Å². The van der Waals surface area contributed by atoms with Crippen LogP contribution in [-0.2, 0) is 37.2 Å². The molecule has 12 nitrogen and oxygen atoms in total. The predicted octanol–water partition coefficient (Wildman–Crippen LogP) is 4.04. The monoisotopic (exact) mass is 625 g/mol. The molecule has 238 valence electrons. The topological polar surface area (TPSA) is 188 Å². The summed E-state index contributed by atoms with van der Waals surface area (Å²) < 4.78 is 11.6. The van der Waals surface area contributed by atoms with Gasteiger partial charge < -0.3 is 31.6 Å². The molecular weight excluding hydrogens is 590 g/mol. The van der Waals surface area contributed by atoms with Crippen LogP contribution in [0, 0.1) is 5.41 Å². The average molecular weight is 626 g/mol. The van der Waals surface area contributed by atoms with Crippen molar-refractivity contribution in [2.45, 2.75) is 32.0 Å². The van der Waals surface area contributed by atoms with Gasteiger partial charge in [0.05, 0.1) is 7.11 Å². The fourth-order valence-electron chi connectivity index (χ4n) is 4.43. The third-order valence-corrected chi connectivity index (χ3v) is 6.79. The van der Waals surface area contributed by atoms with E-state index in [0.717, 1.165) is 12.5 Å². The van der Waals surface area contributed by atoms with Crippen molar-refractivity contribution in [1.29, 1.82) is 5.41 Å². The second kappa shape index (κ2) is 15.6. The molecule has 0 aromatic heterocycles. The van der Waals surface area contributed by atoms with Crippen molar-refractivity contribution < 1.29 is 33.6 Å². The van der Waals surface area contributed by atoms with Crippen molar-refractivity contribution in [3.05, 3.63) is 119 Å². The van der Waals surface area contributed by atoms with E-state index in [2.05, 4.69) is 15.5 Å². The summed E-state index contributed by atoms with van der Waals surface area (Å²) in [6.07, 6.45) is 0.0156. The maximum Gasteiger partial charge on any atom is 0.377 e. The number of nitrogen functional groups attached to an aromatic ring is 2. The van der Waals surface area contributed by atoms with Crippen molar-refractivity contribution in [3.8, 4) is 11.5 Å². The molecule has 0 aliphatic carbocycles. The Balaban J connectivity index is 1.64. The molecule has 0 heterocycles. The Kier molecular flexibility index (Phi) is 11.2. The highest BCUT2D eigenvalue weighted by atomic mass is 17.2. The lowest BCUT2D eigenvalue weighted by Crippen LogP contribution is -2.46. The van der Waals surface area contributed by atoms with Crippen molar-refractivity contribution in [2.75, 3.05) is 18.2 Å². The Labute approximate surface area is 266 Å². The van der Waals surface area contributed by atoms with Gasteiger partial charge in [0.15, 0.2) is 11.5 Å². The van der Waals surface area contributed by atoms with Gasteiger partial charge in [0, 0.05) is 30.3 Å². The van der Waals surface area contributed by atoms with Crippen LogP contribution in [-0.4, -0.2) is 36.8 Å². The third kappa shape index (κ3) is 9.23. The van der Waals surface area contributed by atoms with Gasteiger partial charge in [0.1, 0.15) is 24.5 Å². The number of benzene rings is 4. The zero-order valence-electron chi connectivity index (χ0n) is 25.3. The number of carbonyl (C=O) groups is 3. The van der Waals surface area contributed by atoms with E-state index < -0.39 is 29.9 Å². The number of nitrogens with two attached hydrogens (primary N) is 2. The number of hydrogen-bond acceptors (Lipinski definition) is 10. The largest absolute Gasteiger partial charge is 0.493 e. The Morgan fingerprint density at radius 3 is 2.17 bits per heavy atom. The molecule has 12 heteroatoms. The zero-order chi connectivity index (χ0) is 33.1. The SMILES string of the molecule is COc1cc([C@H](Nc2ccc(C(=N)N)cc2)C(=O)N[C@@H](Cc2ccc(N)cc2)C(=O)OOC(C)=O)ccc1OCc1ccccc1. The molecule has 0 bridgehead atoms. The summed E-state index contributed by atoms with van der Waals surface area (Å²) in [6, 6.07) is 25.8. The van der Waals surface area contributed by atoms with Crippen molar-refractivity contribution in [3.63, 3.8) is 0 Å². The molecule has 0 radical (unpaired) electrons. The van der Waals surface area contributed by atoms with E-state index in [1.807, 2.05) is 30.3 Å². The van der Waals surface area contributed by atoms with Crippen LogP contribution in [0.3, 0.4) is 0 Å². The van der Waals surface area contributed by atoms with E-state index in [1.165, 1.54) is 7.11 Å². The number of carbonyl (C=O) groups excluding carboxylic acids is 3. The fourth-order valence-corrected chi connectivity index (χ4v) is 4.43. The average Bonchev–Trinajstić information content (AvgIpc) is 3.06. The molecule has 4 aromatic rings. The van der Waals surface area contributed by atoms with E-state index in [1.54, 1.807) is 66.7 Å². The zero-order valence-corrected chi connectivity index (χ0v) is 25.3. The normalized spacial score (nSPS) is 11.8. The second-order valence-corrected chi connectivity index (χ2v) is 10.2. The van der Waals surface area contributed by atoms with E-state index in [9.17, 15) is 14.4 Å². The van der Waals surface area contributed by atoms with E-state index in [4.69, 9.17) is 31.2 Å². The molecule has 0 saturated heterocycles. The number of amides is 1. The molecular formula is C34H35N5O7. The maximum atomic E-state index is 14.0. The summed E-state index contributed by atoms with van der Waals surface area (Å²) in [5.74, 6) is -1.67. The van der Waals surface area contributed by atoms with Gasteiger partial charge >= 0.3 is 11.9 Å². The highest BCUT2D eigenvalue weighted by molar-refractivity contribution is 5.95. The molecule has 0 aliphatic heterocycles. The first-order valence-electron chi connectivity index (χ1n) is 14.2. The van der Waals surface area contributed by atoms with Gasteiger partial charge in [-0.05, 0) is 65.2 Å². The highest BCUT2D eigenvalue weighted by Gasteiger charge is 2.30. The number of amidine groups is 1. The van der Waals surface area contributed by atoms with Crippen molar-refractivity contribution in [2.24, 2.45) is 5.73 Å². The van der Waals surface area contributed by atoms with Crippen LogP contribution >= 0.6 is 0 Å². The van der Waals surface area contributed by atoms with Crippen LogP contribution in [0.1, 0.15) is 35.2 Å². The van der Waals surface area contributed by atoms with E-state index >= 15 is 0 Å². The second-order valence-electron chi connectivity index (χ2n) is 10.2. The molecule has 2 atom stereocenters. The Morgan fingerprint density at radius 2 is 1.54 bits per heavy atom. The van der Waals surface area contributed by atoms with Gasteiger partial charge in [0.2, 0.25) is 5.91 Å². The van der Waals surface area contributed by atoms with Gasteiger partial charge in [-0.15, -0.1) is 0 Å². The predicted molar refractivity (Wildman–Crippen MR) is 172 cm³/mol. The number of hydrogen-bond donors (Lipinski definition) is 5. The standard InChI is InChI=1S/C34H35N5O7/c1-21(40)45-46-34(42)28(18-22-8-13-26(35)14-9-22)39-33(41)31(38-27-15-10-24(11-16-27)32(36)37)25-12-17-29(30(19-25)43-2)44-20-23-6-4-3-5-7-23/h3-17,19,28,31,38H,18,20,35H2,1-2H3,(H3,36,37)(H,39,41)/t28-,31-/m0/s1. The molecule has 0 unspecified atom stereocenters. The molecule has 1 amide bonds. The third-order valence-electron chi connectivity index (χ3n) is 6.79. The highest BCUT2D eigenvalue weighted by Crippen LogP contribution is 2.32. The van der Waals surface area contributed by atoms with Gasteiger partial charge in [-0.1, -0.05) is 48.5 Å². The minimum atomic E-state index is -1.24. The van der Waals surface area contributed by atoms with Crippen LogP contribution in [0.2, 0.25) is 0 Å². The van der Waals surface area contributed by atoms with Crippen LogP contribution in [0.4, 0.5) is 11.4 Å². The lowest BCUT2D eigenvalue weighted by molar-refractivity contribution is -0.258. The summed E-state index contributed by atoms with van der Waals surface area (Å²) in [4.78, 5) is 47.4. The van der Waals surface area contributed by atoms with Gasteiger partial charge in [-0.25, -0.2) is 19.4 Å². The quantitative estimate of drug-likeness (QED) is 0.0477. The number of rotatable bonds is 13. The minimum Gasteiger partial charge on any atom is -0.493 e. The molecule has 0 aliphatic rings. The summed E-state index contributed by atoms with van der Waals surface area (Å²) in [7, 11) is 1.49. The Hall–Kier alpha value is -6.04. The van der Waals surface area contributed by atoms with Gasteiger partial charge in [0.25, 0.3) is 0 Å². The lowest BCUT2D eigenvalue weighted by Gasteiger charge is -2.24. The minimum absolute atomic E-state index is 0.0156. The van der Waals surface area contributed by atoms with Crippen LogP contribution in [0.25, 0.3) is 0 Å². The Morgan fingerprint density at radius 1 is 0.848 bits per heavy atom. The molecule has 4 aromatic carbocycles. The van der Waals surface area contributed by atoms with E-state index in [-0.39, 0.29) is 12.3 Å². The number of ether oxygens (including phenoxy) is 2. The first kappa shape index (κ1) is 32.9. The first-order chi connectivity index (χ1) is 22.1. The molecule has 0 fully saturated rings. The van der Waals surface area contributed by atoms with Crippen LogP contribution < -0.4 is 31.6 Å². The summed E-state index contributed by atoms with van der Waals surface area (Å²) in [5, 5.41) is 13.6. The number of methoxy groups -OCH3 is 1.